The van der Waals surface area contributed by atoms with Crippen LogP contribution in [0.15, 0.2) is 53.3 Å². The number of rotatable bonds is 9. The number of alkyl halides is 5. The van der Waals surface area contributed by atoms with E-state index in [9.17, 15) is 26.7 Å². The topological polar surface area (TPSA) is 79.8 Å². The molecular weight excluding hydrogens is 535 g/mol. The van der Waals surface area contributed by atoms with Crippen molar-refractivity contribution in [3.8, 4) is 22.8 Å². The normalized spacial score (nSPS) is 12.2. The van der Waals surface area contributed by atoms with Gasteiger partial charge in [0.05, 0.1) is 13.0 Å². The van der Waals surface area contributed by atoms with Gasteiger partial charge in [-0.25, -0.2) is 19.1 Å². The van der Waals surface area contributed by atoms with Gasteiger partial charge in [0, 0.05) is 24.1 Å². The van der Waals surface area contributed by atoms with Crippen LogP contribution in [0, 0.1) is 0 Å². The molecule has 0 saturated carbocycles. The molecule has 0 N–H and O–H groups in total. The highest BCUT2D eigenvalue weighted by molar-refractivity contribution is 6.30. The molecule has 2 aromatic heterocycles. The minimum absolute atomic E-state index is 0.0434. The molecular formula is C24H22ClF5N6O2. The van der Waals surface area contributed by atoms with Gasteiger partial charge in [0.15, 0.2) is 11.6 Å². The molecule has 4 rings (SSSR count). The molecule has 0 unspecified atom stereocenters. The standard InChI is InChI=1S/C24H22ClF5N6O2/c1-3-38-18-7-5-4-6-17(18)36-21(23(2,26)27)31-19(32-36)14-35-22(37)34(13-12-24(28,29)30)20(33-35)15-8-10-16(25)11-9-15/h4-11H,3,12-14H2,1-2H3. The van der Waals surface area contributed by atoms with E-state index < -0.39 is 43.1 Å². The predicted molar refractivity (Wildman–Crippen MR) is 129 cm³/mol. The zero-order valence-electron chi connectivity index (χ0n) is 20.2. The number of para-hydroxylation sites is 2. The fourth-order valence-corrected chi connectivity index (χ4v) is 3.84. The number of hydrogen-bond acceptors (Lipinski definition) is 5. The third kappa shape index (κ3) is 6.04. The molecule has 0 spiro atoms. The lowest BCUT2D eigenvalue weighted by atomic mass is 10.2. The average Bonchev–Trinajstić information content (AvgIpc) is 3.40. The summed E-state index contributed by atoms with van der Waals surface area (Å²) in [5.74, 6) is -4.08. The summed E-state index contributed by atoms with van der Waals surface area (Å²) in [7, 11) is 0. The van der Waals surface area contributed by atoms with Crippen LogP contribution in [-0.2, 0) is 19.0 Å². The number of halogens is 6. The summed E-state index contributed by atoms with van der Waals surface area (Å²) in [4.78, 5) is 17.0. The van der Waals surface area contributed by atoms with Gasteiger partial charge in [-0.3, -0.25) is 4.57 Å². The van der Waals surface area contributed by atoms with E-state index in [4.69, 9.17) is 16.3 Å². The second-order valence-corrected chi connectivity index (χ2v) is 8.78. The summed E-state index contributed by atoms with van der Waals surface area (Å²) in [5, 5.41) is 8.74. The minimum atomic E-state index is -4.52. The molecule has 0 fully saturated rings. The van der Waals surface area contributed by atoms with Crippen LogP contribution in [-0.4, -0.2) is 41.9 Å². The molecule has 8 nitrogen and oxygen atoms in total. The summed E-state index contributed by atoms with van der Waals surface area (Å²) >= 11 is 5.91. The van der Waals surface area contributed by atoms with Gasteiger partial charge in [-0.1, -0.05) is 23.7 Å². The maximum atomic E-state index is 14.5. The van der Waals surface area contributed by atoms with Crippen LogP contribution in [0.4, 0.5) is 22.0 Å². The molecule has 2 heterocycles. The molecule has 4 aromatic rings. The summed E-state index contributed by atoms with van der Waals surface area (Å²) in [6.07, 6.45) is -5.79. The Morgan fingerprint density at radius 3 is 2.32 bits per heavy atom. The van der Waals surface area contributed by atoms with E-state index in [0.29, 0.717) is 17.5 Å². The zero-order chi connectivity index (χ0) is 27.7. The maximum Gasteiger partial charge on any atom is 0.390 e. The third-order valence-electron chi connectivity index (χ3n) is 5.37. The number of hydrogen-bond donors (Lipinski definition) is 0. The highest BCUT2D eigenvalue weighted by Crippen LogP contribution is 2.31. The smallest absolute Gasteiger partial charge is 0.390 e. The second kappa shape index (κ2) is 10.6. The van der Waals surface area contributed by atoms with Crippen molar-refractivity contribution in [1.82, 2.24) is 29.1 Å². The summed E-state index contributed by atoms with van der Waals surface area (Å²) in [6.45, 7) is 1.50. The van der Waals surface area contributed by atoms with E-state index in [-0.39, 0.29) is 29.7 Å². The summed E-state index contributed by atoms with van der Waals surface area (Å²) in [5.41, 5.74) is -0.332. The highest BCUT2D eigenvalue weighted by atomic mass is 35.5. The van der Waals surface area contributed by atoms with Gasteiger partial charge >= 0.3 is 17.8 Å². The van der Waals surface area contributed by atoms with E-state index >= 15 is 0 Å². The lowest BCUT2D eigenvalue weighted by Gasteiger charge is -2.14. The molecule has 0 atom stereocenters. The lowest BCUT2D eigenvalue weighted by Crippen LogP contribution is -2.27. The first-order valence-corrected chi connectivity index (χ1v) is 11.8. The van der Waals surface area contributed by atoms with Crippen molar-refractivity contribution in [2.75, 3.05) is 6.61 Å². The van der Waals surface area contributed by atoms with E-state index in [1.54, 1.807) is 25.1 Å². The average molecular weight is 557 g/mol. The Balaban J connectivity index is 1.78. The van der Waals surface area contributed by atoms with Gasteiger partial charge in [0.25, 0.3) is 0 Å². The molecule has 0 amide bonds. The molecule has 0 bridgehead atoms. The Morgan fingerprint density at radius 1 is 1.00 bits per heavy atom. The van der Waals surface area contributed by atoms with Crippen molar-refractivity contribution in [2.24, 2.45) is 0 Å². The van der Waals surface area contributed by atoms with Crippen molar-refractivity contribution in [1.29, 1.82) is 0 Å². The molecule has 0 aliphatic carbocycles. The molecule has 202 valence electrons. The van der Waals surface area contributed by atoms with Crippen LogP contribution in [0.5, 0.6) is 5.75 Å². The third-order valence-corrected chi connectivity index (χ3v) is 5.62. The Labute approximate surface area is 218 Å². The summed E-state index contributed by atoms with van der Waals surface area (Å²) < 4.78 is 76.1. The SMILES string of the molecule is CCOc1ccccc1-n1nc(Cn2nc(-c3ccc(Cl)cc3)n(CCC(F)(F)F)c2=O)nc1C(C)(F)F. The molecule has 0 aliphatic heterocycles. The van der Waals surface area contributed by atoms with E-state index in [2.05, 4.69) is 15.2 Å². The Hall–Kier alpha value is -3.74. The second-order valence-electron chi connectivity index (χ2n) is 8.34. The monoisotopic (exact) mass is 556 g/mol. The fourth-order valence-electron chi connectivity index (χ4n) is 3.71. The van der Waals surface area contributed by atoms with Gasteiger partial charge in [-0.2, -0.15) is 22.0 Å². The first kappa shape index (κ1) is 27.3. The maximum absolute atomic E-state index is 14.5. The number of nitrogens with zero attached hydrogens (tertiary/aromatic N) is 6. The lowest BCUT2D eigenvalue weighted by molar-refractivity contribution is -0.136. The van der Waals surface area contributed by atoms with E-state index in [0.717, 1.165) is 13.9 Å². The number of ether oxygens (including phenoxy) is 1. The Morgan fingerprint density at radius 2 is 1.68 bits per heavy atom. The van der Waals surface area contributed by atoms with Gasteiger partial charge in [0.2, 0.25) is 5.82 Å². The van der Waals surface area contributed by atoms with Crippen molar-refractivity contribution >= 4 is 11.6 Å². The van der Waals surface area contributed by atoms with Crippen LogP contribution in [0.3, 0.4) is 0 Å². The largest absolute Gasteiger partial charge is 0.492 e. The number of aromatic nitrogens is 6. The molecule has 2 aromatic carbocycles. The minimum Gasteiger partial charge on any atom is -0.492 e. The molecule has 0 radical (unpaired) electrons. The van der Waals surface area contributed by atoms with Crippen LogP contribution in [0.1, 0.15) is 31.9 Å². The fraction of sp³-hybridized carbons (Fsp3) is 0.333. The van der Waals surface area contributed by atoms with Crippen LogP contribution in [0.2, 0.25) is 5.02 Å². The quantitative estimate of drug-likeness (QED) is 0.256. The van der Waals surface area contributed by atoms with Crippen LogP contribution >= 0.6 is 11.6 Å². The number of benzene rings is 2. The van der Waals surface area contributed by atoms with E-state index in [1.165, 1.54) is 30.3 Å². The van der Waals surface area contributed by atoms with Crippen molar-refractivity contribution in [3.05, 3.63) is 75.7 Å². The van der Waals surface area contributed by atoms with Crippen LogP contribution in [0.25, 0.3) is 17.1 Å². The van der Waals surface area contributed by atoms with Crippen molar-refractivity contribution in [3.63, 3.8) is 0 Å². The van der Waals surface area contributed by atoms with E-state index in [1.807, 2.05) is 0 Å². The first-order valence-electron chi connectivity index (χ1n) is 11.4. The first-order chi connectivity index (χ1) is 17.9. The van der Waals surface area contributed by atoms with Crippen molar-refractivity contribution in [2.45, 2.75) is 45.5 Å². The van der Waals surface area contributed by atoms with Gasteiger partial charge in [-0.05, 0) is 43.3 Å². The van der Waals surface area contributed by atoms with Crippen molar-refractivity contribution < 1.29 is 26.7 Å². The molecule has 14 heteroatoms. The predicted octanol–water partition coefficient (Wildman–Crippen LogP) is 5.46. The van der Waals surface area contributed by atoms with Gasteiger partial charge < -0.3 is 4.74 Å². The molecule has 38 heavy (non-hydrogen) atoms. The summed E-state index contributed by atoms with van der Waals surface area (Å²) in [6, 6.07) is 12.4. The molecule has 0 aliphatic rings. The van der Waals surface area contributed by atoms with Crippen LogP contribution < -0.4 is 10.4 Å². The van der Waals surface area contributed by atoms with Gasteiger partial charge in [-0.15, -0.1) is 10.2 Å². The molecule has 0 saturated heterocycles. The highest BCUT2D eigenvalue weighted by Gasteiger charge is 2.34. The van der Waals surface area contributed by atoms with Gasteiger partial charge in [0.1, 0.15) is 18.0 Å². The Bertz CT molecular complexity index is 1470. The zero-order valence-corrected chi connectivity index (χ0v) is 21.0. The Kier molecular flexibility index (Phi) is 7.58.